The summed E-state index contributed by atoms with van der Waals surface area (Å²) >= 11 is 0. The topological polar surface area (TPSA) is 51.2 Å². The molecule has 1 aromatic carbocycles. The van der Waals surface area contributed by atoms with Crippen LogP contribution in [0.4, 0.5) is 9.18 Å². The zero-order valence-corrected chi connectivity index (χ0v) is 10.2. The average molecular weight is 260 g/mol. The monoisotopic (exact) mass is 260 g/mol. The van der Waals surface area contributed by atoms with Gasteiger partial charge in [-0.15, -0.1) is 0 Å². The number of amides is 1. The van der Waals surface area contributed by atoms with Gasteiger partial charge in [-0.25, -0.2) is 9.78 Å². The highest BCUT2D eigenvalue weighted by molar-refractivity contribution is 5.67. The number of carbonyl (C=O) groups is 1. The van der Waals surface area contributed by atoms with Crippen molar-refractivity contribution in [1.29, 1.82) is 0 Å². The van der Waals surface area contributed by atoms with Gasteiger partial charge in [-0.05, 0) is 11.6 Å². The summed E-state index contributed by atoms with van der Waals surface area (Å²) in [5, 5.41) is 2.47. The lowest BCUT2D eigenvalue weighted by Crippen LogP contribution is -2.24. The molecule has 0 spiro atoms. The predicted molar refractivity (Wildman–Crippen MR) is 67.7 cm³/mol. The first kappa shape index (κ1) is 13.0. The lowest BCUT2D eigenvalue weighted by atomic mass is 10.2. The van der Waals surface area contributed by atoms with Crippen LogP contribution in [0, 0.1) is 5.95 Å². The van der Waals surface area contributed by atoms with Gasteiger partial charge in [0.15, 0.2) is 0 Å². The second-order valence-electron chi connectivity index (χ2n) is 3.87. The second kappa shape index (κ2) is 6.49. The van der Waals surface area contributed by atoms with Gasteiger partial charge < -0.3 is 10.1 Å². The first-order valence-electron chi connectivity index (χ1n) is 5.79. The van der Waals surface area contributed by atoms with Crippen LogP contribution in [0.1, 0.15) is 11.1 Å². The molecule has 0 bridgehead atoms. The van der Waals surface area contributed by atoms with Crippen molar-refractivity contribution in [2.24, 2.45) is 0 Å². The Kier molecular flexibility index (Phi) is 4.44. The smallest absolute Gasteiger partial charge is 0.407 e. The van der Waals surface area contributed by atoms with Crippen LogP contribution in [-0.2, 0) is 17.9 Å². The maximum Gasteiger partial charge on any atom is 0.407 e. The van der Waals surface area contributed by atoms with Crippen molar-refractivity contribution in [3.63, 3.8) is 0 Å². The molecule has 1 N–H and O–H groups in total. The molecule has 1 heterocycles. The van der Waals surface area contributed by atoms with E-state index in [1.807, 2.05) is 30.3 Å². The number of pyridine rings is 1. The van der Waals surface area contributed by atoms with Crippen molar-refractivity contribution in [3.8, 4) is 0 Å². The second-order valence-corrected chi connectivity index (χ2v) is 3.87. The maximum absolute atomic E-state index is 13.2. The van der Waals surface area contributed by atoms with E-state index in [1.165, 1.54) is 6.20 Å². The summed E-state index contributed by atoms with van der Waals surface area (Å²) in [6.07, 6.45) is 0.763. The molecule has 4 nitrogen and oxygen atoms in total. The van der Waals surface area contributed by atoms with E-state index in [4.69, 9.17) is 4.74 Å². The van der Waals surface area contributed by atoms with E-state index in [9.17, 15) is 9.18 Å². The van der Waals surface area contributed by atoms with Crippen molar-refractivity contribution in [2.45, 2.75) is 13.2 Å². The molecule has 0 fully saturated rings. The molecule has 1 aromatic heterocycles. The zero-order valence-electron chi connectivity index (χ0n) is 10.2. The molecule has 2 rings (SSSR count). The number of halogens is 1. The summed E-state index contributed by atoms with van der Waals surface area (Å²) in [4.78, 5) is 14.9. The molecule has 0 saturated carbocycles. The third-order valence-corrected chi connectivity index (χ3v) is 2.47. The minimum Gasteiger partial charge on any atom is -0.445 e. The molecule has 0 saturated heterocycles. The van der Waals surface area contributed by atoms with Crippen LogP contribution in [-0.4, -0.2) is 11.1 Å². The number of hydrogen-bond acceptors (Lipinski definition) is 3. The highest BCUT2D eigenvalue weighted by Crippen LogP contribution is 2.03. The SMILES string of the molecule is O=C(NCc1cccnc1F)OCc1ccccc1. The summed E-state index contributed by atoms with van der Waals surface area (Å²) in [5.41, 5.74) is 1.21. The maximum atomic E-state index is 13.2. The van der Waals surface area contributed by atoms with Crippen molar-refractivity contribution >= 4 is 6.09 Å². The molecule has 0 aliphatic heterocycles. The largest absolute Gasteiger partial charge is 0.445 e. The Morgan fingerprint density at radius 1 is 1.21 bits per heavy atom. The number of aromatic nitrogens is 1. The van der Waals surface area contributed by atoms with Crippen LogP contribution in [0.3, 0.4) is 0 Å². The van der Waals surface area contributed by atoms with Gasteiger partial charge in [0, 0.05) is 11.8 Å². The van der Waals surface area contributed by atoms with Gasteiger partial charge >= 0.3 is 6.09 Å². The Bertz CT molecular complexity index is 546. The van der Waals surface area contributed by atoms with Crippen molar-refractivity contribution in [2.75, 3.05) is 0 Å². The summed E-state index contributed by atoms with van der Waals surface area (Å²) in [6.45, 7) is 0.232. The Balaban J connectivity index is 1.78. The molecule has 98 valence electrons. The highest BCUT2D eigenvalue weighted by atomic mass is 19.1. The fraction of sp³-hybridized carbons (Fsp3) is 0.143. The van der Waals surface area contributed by atoms with Gasteiger partial charge in [-0.1, -0.05) is 36.4 Å². The zero-order chi connectivity index (χ0) is 13.5. The Morgan fingerprint density at radius 2 is 2.00 bits per heavy atom. The number of rotatable bonds is 4. The van der Waals surface area contributed by atoms with Gasteiger partial charge in [0.1, 0.15) is 6.61 Å². The van der Waals surface area contributed by atoms with Crippen LogP contribution >= 0.6 is 0 Å². The molecule has 19 heavy (non-hydrogen) atoms. The molecule has 2 aromatic rings. The van der Waals surface area contributed by atoms with E-state index in [0.717, 1.165) is 5.56 Å². The Hall–Kier alpha value is -2.43. The number of ether oxygens (including phenoxy) is 1. The summed E-state index contributed by atoms with van der Waals surface area (Å²) in [6, 6.07) is 12.5. The van der Waals surface area contributed by atoms with Gasteiger partial charge in [-0.3, -0.25) is 0 Å². The van der Waals surface area contributed by atoms with Crippen molar-refractivity contribution in [1.82, 2.24) is 10.3 Å². The molecule has 0 unspecified atom stereocenters. The molecule has 0 atom stereocenters. The first-order chi connectivity index (χ1) is 9.25. The molecular weight excluding hydrogens is 247 g/mol. The standard InChI is InChI=1S/C14H13FN2O2/c15-13-12(7-4-8-16-13)9-17-14(18)19-10-11-5-2-1-3-6-11/h1-8H,9-10H2,(H,17,18). The average Bonchev–Trinajstić information content (AvgIpc) is 2.45. The molecule has 0 aliphatic rings. The van der Waals surface area contributed by atoms with E-state index in [2.05, 4.69) is 10.3 Å². The fourth-order valence-corrected chi connectivity index (χ4v) is 1.49. The third kappa shape index (κ3) is 4.06. The predicted octanol–water partition coefficient (Wildman–Crippen LogP) is 2.65. The molecule has 5 heteroatoms. The van der Waals surface area contributed by atoms with Crippen LogP contribution in [0.25, 0.3) is 0 Å². The Labute approximate surface area is 110 Å². The van der Waals surface area contributed by atoms with Gasteiger partial charge in [0.05, 0.1) is 6.54 Å². The number of nitrogens with one attached hydrogen (secondary N) is 1. The molecular formula is C14H13FN2O2. The quantitative estimate of drug-likeness (QED) is 0.860. The number of alkyl carbamates (subject to hydrolysis) is 1. The van der Waals surface area contributed by atoms with Crippen molar-refractivity contribution in [3.05, 3.63) is 65.7 Å². The number of benzene rings is 1. The highest BCUT2D eigenvalue weighted by Gasteiger charge is 2.06. The van der Waals surface area contributed by atoms with E-state index in [-0.39, 0.29) is 13.2 Å². The lowest BCUT2D eigenvalue weighted by Gasteiger charge is -2.07. The fourth-order valence-electron chi connectivity index (χ4n) is 1.49. The van der Waals surface area contributed by atoms with E-state index in [0.29, 0.717) is 5.56 Å². The third-order valence-electron chi connectivity index (χ3n) is 2.47. The minimum atomic E-state index is -0.592. The van der Waals surface area contributed by atoms with Crippen LogP contribution in [0.2, 0.25) is 0 Å². The summed E-state index contributed by atoms with van der Waals surface area (Å²) < 4.78 is 18.2. The van der Waals surface area contributed by atoms with Gasteiger partial charge in [0.25, 0.3) is 0 Å². The number of carbonyl (C=O) groups excluding carboxylic acids is 1. The lowest BCUT2D eigenvalue weighted by molar-refractivity contribution is 0.139. The molecule has 1 amide bonds. The summed E-state index contributed by atoms with van der Waals surface area (Å²) in [5.74, 6) is -0.592. The van der Waals surface area contributed by atoms with Gasteiger partial charge in [-0.2, -0.15) is 4.39 Å². The molecule has 0 radical (unpaired) electrons. The normalized spacial score (nSPS) is 9.95. The molecule has 0 aliphatic carbocycles. The Morgan fingerprint density at radius 3 is 2.74 bits per heavy atom. The van der Waals surface area contributed by atoms with Crippen molar-refractivity contribution < 1.29 is 13.9 Å². The number of hydrogen-bond donors (Lipinski definition) is 1. The van der Waals surface area contributed by atoms with Crippen LogP contribution in [0.5, 0.6) is 0 Å². The van der Waals surface area contributed by atoms with Crippen LogP contribution < -0.4 is 5.32 Å². The minimum absolute atomic E-state index is 0.0489. The number of nitrogens with zero attached hydrogens (tertiary/aromatic N) is 1. The van der Waals surface area contributed by atoms with E-state index >= 15 is 0 Å². The van der Waals surface area contributed by atoms with Gasteiger partial charge in [0.2, 0.25) is 5.95 Å². The van der Waals surface area contributed by atoms with E-state index in [1.54, 1.807) is 12.1 Å². The van der Waals surface area contributed by atoms with Crippen LogP contribution in [0.15, 0.2) is 48.7 Å². The van der Waals surface area contributed by atoms with E-state index < -0.39 is 12.0 Å². The summed E-state index contributed by atoms with van der Waals surface area (Å²) in [7, 11) is 0. The first-order valence-corrected chi connectivity index (χ1v) is 5.79.